The molecule has 1 aliphatic rings. The summed E-state index contributed by atoms with van der Waals surface area (Å²) in [5, 5.41) is 0. The minimum atomic E-state index is 0.121. The van der Waals surface area contributed by atoms with E-state index < -0.39 is 0 Å². The van der Waals surface area contributed by atoms with Gasteiger partial charge >= 0.3 is 0 Å². The summed E-state index contributed by atoms with van der Waals surface area (Å²) < 4.78 is 5.27. The molecule has 0 aliphatic carbocycles. The Morgan fingerprint density at radius 3 is 2.90 bits per heavy atom. The molecule has 1 heterocycles. The van der Waals surface area contributed by atoms with Crippen LogP contribution in [0.3, 0.4) is 0 Å². The second-order valence-electron chi connectivity index (χ2n) is 5.74. The van der Waals surface area contributed by atoms with Gasteiger partial charge < -0.3 is 4.74 Å². The predicted octanol–water partition coefficient (Wildman–Crippen LogP) is 2.29. The maximum absolute atomic E-state index is 12.4. The number of para-hydroxylation sites is 1. The van der Waals surface area contributed by atoms with Crippen LogP contribution in [-0.4, -0.2) is 62.0 Å². The van der Waals surface area contributed by atoms with Crippen LogP contribution >= 0.6 is 0 Å². The monoisotopic (exact) mass is 290 g/mol. The van der Waals surface area contributed by atoms with Gasteiger partial charge in [-0.15, -0.1) is 0 Å². The summed E-state index contributed by atoms with van der Waals surface area (Å²) in [6.07, 6.45) is 2.51. The third-order valence-electron chi connectivity index (χ3n) is 4.25. The van der Waals surface area contributed by atoms with Gasteiger partial charge in [-0.3, -0.25) is 14.6 Å². The van der Waals surface area contributed by atoms with E-state index in [2.05, 4.69) is 16.7 Å². The van der Waals surface area contributed by atoms with E-state index in [9.17, 15) is 4.79 Å². The Labute approximate surface area is 127 Å². The molecule has 4 nitrogen and oxygen atoms in total. The second-order valence-corrected chi connectivity index (χ2v) is 5.74. The van der Waals surface area contributed by atoms with Crippen LogP contribution < -0.4 is 4.74 Å². The molecule has 1 aromatic carbocycles. The zero-order valence-electron chi connectivity index (χ0n) is 13.3. The molecule has 116 valence electrons. The Bertz CT molecular complexity index is 476. The molecule has 0 saturated carbocycles. The highest BCUT2D eigenvalue weighted by Gasteiger charge is 2.25. The fourth-order valence-corrected chi connectivity index (χ4v) is 3.15. The largest absolute Gasteiger partial charge is 0.496 e. The highest BCUT2D eigenvalue weighted by Crippen LogP contribution is 2.20. The number of ether oxygens (including phenoxy) is 1. The Hall–Kier alpha value is -1.39. The van der Waals surface area contributed by atoms with Crippen molar-refractivity contribution in [3.63, 3.8) is 0 Å². The van der Waals surface area contributed by atoms with Crippen LogP contribution in [0.4, 0.5) is 0 Å². The Balaban J connectivity index is 1.93. The molecule has 0 bridgehead atoms. The molecule has 1 atom stereocenters. The number of carbonyl (C=O) groups excluding carboxylic acids is 1. The third-order valence-corrected chi connectivity index (χ3v) is 4.25. The summed E-state index contributed by atoms with van der Waals surface area (Å²) in [5.41, 5.74) is 0.672. The van der Waals surface area contributed by atoms with E-state index in [1.807, 2.05) is 31.3 Å². The number of hydrogen-bond donors (Lipinski definition) is 0. The van der Waals surface area contributed by atoms with Crippen molar-refractivity contribution in [3.8, 4) is 5.75 Å². The number of likely N-dealkylation sites (tertiary alicyclic amines) is 1. The molecule has 1 saturated heterocycles. The van der Waals surface area contributed by atoms with E-state index in [1.54, 1.807) is 7.11 Å². The first-order valence-electron chi connectivity index (χ1n) is 7.74. The number of Topliss-reactive ketones (excluding diaryl/α,β-unsaturated/α-hetero) is 1. The minimum absolute atomic E-state index is 0.121. The lowest BCUT2D eigenvalue weighted by Crippen LogP contribution is -2.40. The maximum Gasteiger partial charge on any atom is 0.180 e. The zero-order chi connectivity index (χ0) is 15.2. The third kappa shape index (κ3) is 4.05. The van der Waals surface area contributed by atoms with Gasteiger partial charge in [-0.2, -0.15) is 0 Å². The Kier molecular flexibility index (Phi) is 5.76. The van der Waals surface area contributed by atoms with Gasteiger partial charge in [0.2, 0.25) is 0 Å². The van der Waals surface area contributed by atoms with Gasteiger partial charge in [-0.05, 0) is 45.1 Å². The van der Waals surface area contributed by atoms with Crippen LogP contribution in [0, 0.1) is 0 Å². The lowest BCUT2D eigenvalue weighted by molar-refractivity contribution is 0.0926. The van der Waals surface area contributed by atoms with Crippen molar-refractivity contribution in [2.45, 2.75) is 25.8 Å². The van der Waals surface area contributed by atoms with Crippen molar-refractivity contribution in [2.24, 2.45) is 0 Å². The molecule has 0 amide bonds. The highest BCUT2D eigenvalue weighted by molar-refractivity contribution is 6.00. The SMILES string of the molecule is CCN1CCCC1CN(C)CC(=O)c1ccccc1OC. The van der Waals surface area contributed by atoms with Crippen molar-refractivity contribution < 1.29 is 9.53 Å². The predicted molar refractivity (Wildman–Crippen MR) is 85.1 cm³/mol. The smallest absolute Gasteiger partial charge is 0.180 e. The van der Waals surface area contributed by atoms with Crippen LogP contribution in [0.25, 0.3) is 0 Å². The molecule has 2 rings (SSSR count). The van der Waals surface area contributed by atoms with Crippen molar-refractivity contribution in [1.82, 2.24) is 9.80 Å². The topological polar surface area (TPSA) is 32.8 Å². The first kappa shape index (κ1) is 16.0. The summed E-state index contributed by atoms with van der Waals surface area (Å²) in [6.45, 7) is 5.88. The minimum Gasteiger partial charge on any atom is -0.496 e. The summed E-state index contributed by atoms with van der Waals surface area (Å²) in [5.74, 6) is 0.781. The summed E-state index contributed by atoms with van der Waals surface area (Å²) in [4.78, 5) is 17.1. The van der Waals surface area contributed by atoms with Gasteiger partial charge in [0.05, 0.1) is 19.2 Å². The van der Waals surface area contributed by atoms with Gasteiger partial charge in [-0.1, -0.05) is 19.1 Å². The van der Waals surface area contributed by atoms with Gasteiger partial charge in [0.1, 0.15) is 5.75 Å². The van der Waals surface area contributed by atoms with E-state index >= 15 is 0 Å². The van der Waals surface area contributed by atoms with Crippen LogP contribution in [-0.2, 0) is 0 Å². The molecule has 0 aromatic heterocycles. The number of ketones is 1. The van der Waals surface area contributed by atoms with Gasteiger partial charge in [0, 0.05) is 12.6 Å². The van der Waals surface area contributed by atoms with Crippen molar-refractivity contribution in [3.05, 3.63) is 29.8 Å². The van der Waals surface area contributed by atoms with Crippen LogP contribution in [0.1, 0.15) is 30.1 Å². The molecule has 1 fully saturated rings. The normalized spacial score (nSPS) is 19.1. The Morgan fingerprint density at radius 2 is 2.19 bits per heavy atom. The summed E-state index contributed by atoms with van der Waals surface area (Å²) in [7, 11) is 3.63. The quantitative estimate of drug-likeness (QED) is 0.721. The molecule has 1 aromatic rings. The van der Waals surface area contributed by atoms with E-state index in [4.69, 9.17) is 4.74 Å². The first-order valence-corrected chi connectivity index (χ1v) is 7.74. The second kappa shape index (κ2) is 7.57. The van der Waals surface area contributed by atoms with Gasteiger partial charge in [0.15, 0.2) is 5.78 Å². The Morgan fingerprint density at radius 1 is 1.43 bits per heavy atom. The van der Waals surface area contributed by atoms with Crippen molar-refractivity contribution in [1.29, 1.82) is 0 Å². The molecule has 0 N–H and O–H groups in total. The standard InChI is InChI=1S/C17H26N2O2/c1-4-19-11-7-8-14(19)12-18(2)13-16(20)15-9-5-6-10-17(15)21-3/h5-6,9-10,14H,4,7-8,11-13H2,1-3H3. The fourth-order valence-electron chi connectivity index (χ4n) is 3.15. The molecular weight excluding hydrogens is 264 g/mol. The summed E-state index contributed by atoms with van der Waals surface area (Å²) in [6, 6.07) is 8.03. The number of benzene rings is 1. The molecule has 21 heavy (non-hydrogen) atoms. The number of nitrogens with zero attached hydrogens (tertiary/aromatic N) is 2. The van der Waals surface area contributed by atoms with Crippen molar-refractivity contribution in [2.75, 3.05) is 40.3 Å². The van der Waals surface area contributed by atoms with Crippen molar-refractivity contribution >= 4 is 5.78 Å². The highest BCUT2D eigenvalue weighted by atomic mass is 16.5. The summed E-state index contributed by atoms with van der Waals surface area (Å²) >= 11 is 0. The van der Waals surface area contributed by atoms with E-state index in [0.29, 0.717) is 23.9 Å². The lowest BCUT2D eigenvalue weighted by Gasteiger charge is -2.27. The number of likely N-dealkylation sites (N-methyl/N-ethyl adjacent to an activating group) is 2. The van der Waals surface area contributed by atoms with Gasteiger partial charge in [0.25, 0.3) is 0 Å². The molecule has 1 aliphatic heterocycles. The number of methoxy groups -OCH3 is 1. The van der Waals surface area contributed by atoms with Gasteiger partial charge in [-0.25, -0.2) is 0 Å². The zero-order valence-corrected chi connectivity index (χ0v) is 13.3. The number of hydrogen-bond acceptors (Lipinski definition) is 4. The lowest BCUT2D eigenvalue weighted by atomic mass is 10.1. The molecular formula is C17H26N2O2. The molecule has 1 unspecified atom stereocenters. The number of rotatable bonds is 7. The molecule has 4 heteroatoms. The molecule has 0 radical (unpaired) electrons. The fraction of sp³-hybridized carbons (Fsp3) is 0.588. The van der Waals surface area contributed by atoms with E-state index in [-0.39, 0.29) is 5.78 Å². The van der Waals surface area contributed by atoms with E-state index in [0.717, 1.165) is 13.1 Å². The average molecular weight is 290 g/mol. The average Bonchev–Trinajstić information content (AvgIpc) is 2.94. The first-order chi connectivity index (χ1) is 10.2. The molecule has 0 spiro atoms. The maximum atomic E-state index is 12.4. The van der Waals surface area contributed by atoms with Crippen LogP contribution in [0.2, 0.25) is 0 Å². The van der Waals surface area contributed by atoms with E-state index in [1.165, 1.54) is 19.4 Å². The van der Waals surface area contributed by atoms with Crippen LogP contribution in [0.5, 0.6) is 5.75 Å². The number of carbonyl (C=O) groups is 1. The van der Waals surface area contributed by atoms with Crippen LogP contribution in [0.15, 0.2) is 24.3 Å².